The third-order valence-electron chi connectivity index (χ3n) is 4.28. The lowest BCUT2D eigenvalue weighted by Crippen LogP contribution is -3.14. The molecule has 1 unspecified atom stereocenters. The van der Waals surface area contributed by atoms with Gasteiger partial charge in [0.15, 0.2) is 6.54 Å². The van der Waals surface area contributed by atoms with Crippen LogP contribution in [0.3, 0.4) is 0 Å². The van der Waals surface area contributed by atoms with Gasteiger partial charge in [0, 0.05) is 22.9 Å². The highest BCUT2D eigenvalue weighted by Crippen LogP contribution is 2.31. The molecule has 0 saturated carbocycles. The second-order valence-corrected chi connectivity index (χ2v) is 8.56. The fourth-order valence-corrected chi connectivity index (χ4v) is 5.09. The van der Waals surface area contributed by atoms with E-state index in [0.717, 1.165) is 13.0 Å². The highest BCUT2D eigenvalue weighted by Gasteiger charge is 2.35. The number of thiophene rings is 2. The summed E-state index contributed by atoms with van der Waals surface area (Å²) < 4.78 is 0. The van der Waals surface area contributed by atoms with Crippen molar-refractivity contribution in [2.24, 2.45) is 0 Å². The molecule has 0 fully saturated rings. The average Bonchev–Trinajstić information content (AvgIpc) is 3.23. The van der Waals surface area contributed by atoms with Crippen molar-refractivity contribution in [2.75, 3.05) is 19.6 Å². The Morgan fingerprint density at radius 3 is 2.80 bits per heavy atom. The molecule has 3 N–H and O–H groups in total. The summed E-state index contributed by atoms with van der Waals surface area (Å²) in [5.41, 5.74) is 1.35. The van der Waals surface area contributed by atoms with Crippen LogP contribution in [0.25, 0.3) is 0 Å². The van der Waals surface area contributed by atoms with Gasteiger partial charge in [-0.25, -0.2) is 0 Å². The lowest BCUT2D eigenvalue weighted by Gasteiger charge is -2.31. The van der Waals surface area contributed by atoms with E-state index < -0.39 is 0 Å². The minimum absolute atomic E-state index is 0.0393. The lowest BCUT2D eigenvalue weighted by molar-refractivity contribution is -0.919. The van der Waals surface area contributed by atoms with Crippen LogP contribution in [0.5, 0.6) is 0 Å². The molecule has 3 rings (SSSR count). The highest BCUT2D eigenvalue weighted by molar-refractivity contribution is 7.10. The first-order valence-corrected chi connectivity index (χ1v) is 10.3. The maximum atomic E-state index is 12.4. The van der Waals surface area contributed by atoms with Gasteiger partial charge in [-0.2, -0.15) is 0 Å². The van der Waals surface area contributed by atoms with E-state index in [-0.39, 0.29) is 30.4 Å². The third kappa shape index (κ3) is 4.48. The van der Waals surface area contributed by atoms with Gasteiger partial charge in [-0.05, 0) is 36.7 Å². The smallest absolute Gasteiger partial charge is 0.275 e. The van der Waals surface area contributed by atoms with Gasteiger partial charge in [-0.3, -0.25) is 9.59 Å². The fourth-order valence-electron chi connectivity index (χ4n) is 3.27. The molecule has 2 aromatic heterocycles. The number of carbonyl (C=O) groups is 2. The maximum absolute atomic E-state index is 12.4. The van der Waals surface area contributed by atoms with Gasteiger partial charge in [0.05, 0.1) is 18.0 Å². The van der Waals surface area contributed by atoms with Crippen LogP contribution >= 0.6 is 22.7 Å². The van der Waals surface area contributed by atoms with Crippen molar-refractivity contribution in [3.63, 3.8) is 0 Å². The Morgan fingerprint density at radius 2 is 2.08 bits per heavy atom. The predicted molar refractivity (Wildman–Crippen MR) is 101 cm³/mol. The monoisotopic (exact) mass is 378 g/mol. The van der Waals surface area contributed by atoms with E-state index in [1.54, 1.807) is 22.7 Å². The van der Waals surface area contributed by atoms with Crippen molar-refractivity contribution in [2.45, 2.75) is 32.4 Å². The van der Waals surface area contributed by atoms with Crippen LogP contribution in [0, 0.1) is 0 Å². The molecular weight excluding hydrogens is 354 g/mol. The summed E-state index contributed by atoms with van der Waals surface area (Å²) in [6.07, 6.45) is 1.01. The number of hydrogen-bond donors (Lipinski definition) is 3. The van der Waals surface area contributed by atoms with Crippen LogP contribution < -0.4 is 15.5 Å². The van der Waals surface area contributed by atoms with Crippen LogP contribution in [0.15, 0.2) is 29.0 Å². The number of rotatable bonds is 6. The zero-order valence-corrected chi connectivity index (χ0v) is 16.1. The maximum Gasteiger partial charge on any atom is 0.275 e. The van der Waals surface area contributed by atoms with Crippen molar-refractivity contribution < 1.29 is 14.5 Å². The van der Waals surface area contributed by atoms with E-state index in [4.69, 9.17) is 0 Å². The van der Waals surface area contributed by atoms with E-state index in [2.05, 4.69) is 39.6 Å². The SMILES string of the molecule is CC(C)NC(=O)CNC(=O)C[NH+]1CCc2sccc2[C@H]1c1cccs1. The summed E-state index contributed by atoms with van der Waals surface area (Å²) in [6.45, 7) is 5.16. The standard InChI is InChI=1S/C18H23N3O2S2/c1-12(2)20-16(22)10-19-17(23)11-21-7-5-14-13(6-9-25-14)18(21)15-4-3-8-24-15/h3-4,6,8-9,12,18H,5,7,10-11H2,1-2H3,(H,19,23)(H,20,22)/p+1/t18-/m0/s1. The van der Waals surface area contributed by atoms with Crippen LogP contribution in [-0.2, 0) is 16.0 Å². The Kier molecular flexibility index (Phi) is 5.88. The van der Waals surface area contributed by atoms with E-state index in [9.17, 15) is 9.59 Å². The van der Waals surface area contributed by atoms with Gasteiger partial charge in [0.25, 0.3) is 5.91 Å². The summed E-state index contributed by atoms with van der Waals surface area (Å²) in [5.74, 6) is -0.221. The molecular formula is C18H24N3O2S2+. The second kappa shape index (κ2) is 8.12. The summed E-state index contributed by atoms with van der Waals surface area (Å²) >= 11 is 3.55. The highest BCUT2D eigenvalue weighted by atomic mass is 32.1. The van der Waals surface area contributed by atoms with E-state index in [1.807, 2.05) is 13.8 Å². The number of hydrogen-bond acceptors (Lipinski definition) is 4. The summed E-state index contributed by atoms with van der Waals surface area (Å²) in [5, 5.41) is 9.77. The summed E-state index contributed by atoms with van der Waals surface area (Å²) in [7, 11) is 0. The van der Waals surface area contributed by atoms with Crippen molar-refractivity contribution in [3.05, 3.63) is 44.3 Å². The molecule has 0 saturated heterocycles. The topological polar surface area (TPSA) is 62.6 Å². The molecule has 5 nitrogen and oxygen atoms in total. The summed E-state index contributed by atoms with van der Waals surface area (Å²) in [6, 6.07) is 6.70. The van der Waals surface area contributed by atoms with Crippen LogP contribution in [0.1, 0.15) is 35.2 Å². The largest absolute Gasteiger partial charge is 0.352 e. The quantitative estimate of drug-likeness (QED) is 0.702. The van der Waals surface area contributed by atoms with Crippen LogP contribution in [0.4, 0.5) is 0 Å². The van der Waals surface area contributed by atoms with Gasteiger partial charge in [0.2, 0.25) is 5.91 Å². The zero-order chi connectivity index (χ0) is 17.8. The number of carbonyl (C=O) groups excluding carboxylic acids is 2. The molecule has 0 bridgehead atoms. The average molecular weight is 379 g/mol. The molecule has 134 valence electrons. The lowest BCUT2D eigenvalue weighted by atomic mass is 9.98. The molecule has 2 amide bonds. The zero-order valence-electron chi connectivity index (χ0n) is 14.5. The molecule has 1 aliphatic rings. The summed E-state index contributed by atoms with van der Waals surface area (Å²) in [4.78, 5) is 28.0. The van der Waals surface area contributed by atoms with Crippen molar-refractivity contribution in [1.29, 1.82) is 0 Å². The Hall–Kier alpha value is -1.70. The minimum Gasteiger partial charge on any atom is -0.352 e. The molecule has 25 heavy (non-hydrogen) atoms. The Labute approximate surface area is 156 Å². The van der Waals surface area contributed by atoms with Crippen molar-refractivity contribution in [1.82, 2.24) is 10.6 Å². The predicted octanol–water partition coefficient (Wildman–Crippen LogP) is 0.981. The first-order chi connectivity index (χ1) is 12.0. The number of fused-ring (bicyclic) bond motifs is 1. The van der Waals surface area contributed by atoms with E-state index in [1.165, 1.54) is 20.2 Å². The van der Waals surface area contributed by atoms with Crippen molar-refractivity contribution in [3.8, 4) is 0 Å². The molecule has 7 heteroatoms. The van der Waals surface area contributed by atoms with Crippen molar-refractivity contribution >= 4 is 34.5 Å². The van der Waals surface area contributed by atoms with Gasteiger partial charge in [-0.1, -0.05) is 6.07 Å². The molecule has 0 aromatic carbocycles. The molecule has 2 atom stereocenters. The first kappa shape index (κ1) is 18.1. The van der Waals surface area contributed by atoms with Gasteiger partial charge >= 0.3 is 0 Å². The van der Waals surface area contributed by atoms with Gasteiger partial charge < -0.3 is 15.5 Å². The number of nitrogens with one attached hydrogen (secondary N) is 3. The Morgan fingerprint density at radius 1 is 1.24 bits per heavy atom. The van der Waals surface area contributed by atoms with Crippen LogP contribution in [-0.4, -0.2) is 37.5 Å². The Balaban J connectivity index is 1.65. The number of amides is 2. The first-order valence-electron chi connectivity index (χ1n) is 8.55. The molecule has 2 aromatic rings. The molecule has 0 aliphatic carbocycles. The second-order valence-electron chi connectivity index (χ2n) is 6.58. The molecule has 1 aliphatic heterocycles. The third-order valence-corrected chi connectivity index (χ3v) is 6.22. The minimum atomic E-state index is -0.146. The fraction of sp³-hybridized carbons (Fsp3) is 0.444. The van der Waals surface area contributed by atoms with Gasteiger partial charge in [0.1, 0.15) is 6.04 Å². The Bertz CT molecular complexity index is 725. The molecule has 3 heterocycles. The molecule has 0 radical (unpaired) electrons. The normalized spacial score (nSPS) is 19.5. The van der Waals surface area contributed by atoms with E-state index >= 15 is 0 Å². The van der Waals surface area contributed by atoms with Crippen LogP contribution in [0.2, 0.25) is 0 Å². The molecule has 0 spiro atoms. The van der Waals surface area contributed by atoms with E-state index in [0.29, 0.717) is 6.54 Å². The van der Waals surface area contributed by atoms with Gasteiger partial charge in [-0.15, -0.1) is 22.7 Å². The number of quaternary nitrogens is 1.